The third-order valence-corrected chi connectivity index (χ3v) is 2.79. The van der Waals surface area contributed by atoms with Crippen molar-refractivity contribution in [2.24, 2.45) is 0 Å². The van der Waals surface area contributed by atoms with Crippen LogP contribution in [-0.4, -0.2) is 44.1 Å². The summed E-state index contributed by atoms with van der Waals surface area (Å²) >= 11 is 0. The first-order chi connectivity index (χ1) is 9.75. The largest absolute Gasteiger partial charge is 0.636 e. The Morgan fingerprint density at radius 3 is 1.95 bits per heavy atom. The molecule has 1 aromatic rings. The van der Waals surface area contributed by atoms with Crippen LogP contribution in [0.5, 0.6) is 0 Å². The molecule has 1 aromatic carbocycles. The number of hydrogen-bond acceptors (Lipinski definition) is 5. The Bertz CT molecular complexity index is 526. The lowest BCUT2D eigenvalue weighted by Gasteiger charge is -2.22. The number of carbonyl (C=O) groups excluding carboxylic acids is 2. The zero-order chi connectivity index (χ0) is 15.6. The number of benzene rings is 1. The Kier molecular flexibility index (Phi) is 4.22. The Hall–Kier alpha value is -2.03. The lowest BCUT2D eigenvalue weighted by molar-refractivity contribution is -0.145. The quantitative estimate of drug-likeness (QED) is 0.704. The van der Waals surface area contributed by atoms with Crippen LogP contribution >= 0.6 is 0 Å². The van der Waals surface area contributed by atoms with Crippen molar-refractivity contribution in [2.45, 2.75) is 6.18 Å². The van der Waals surface area contributed by atoms with Crippen molar-refractivity contribution in [3.8, 4) is 0 Å². The van der Waals surface area contributed by atoms with E-state index in [4.69, 9.17) is 9.31 Å². The molecule has 0 atom stereocenters. The second-order valence-corrected chi connectivity index (χ2v) is 4.60. The smallest absolute Gasteiger partial charge is 0.494 e. The molecule has 0 bridgehead atoms. The van der Waals surface area contributed by atoms with Gasteiger partial charge in [0.15, 0.2) is 0 Å². The van der Waals surface area contributed by atoms with E-state index >= 15 is 0 Å². The van der Waals surface area contributed by atoms with E-state index < -0.39 is 30.8 Å². The van der Waals surface area contributed by atoms with Gasteiger partial charge in [-0.15, -0.1) is 0 Å². The molecule has 0 aliphatic carbocycles. The number of alkyl halides is 3. The summed E-state index contributed by atoms with van der Waals surface area (Å²) in [7, 11) is 0.210. The third-order valence-electron chi connectivity index (χ3n) is 2.79. The van der Waals surface area contributed by atoms with Gasteiger partial charge in [0.25, 0.3) is 0 Å². The number of carbonyl (C=O) groups is 2. The van der Waals surface area contributed by atoms with E-state index in [1.807, 2.05) is 0 Å². The molecule has 0 spiro atoms. The van der Waals surface area contributed by atoms with E-state index in [2.05, 4.69) is 0 Å². The summed E-state index contributed by atoms with van der Waals surface area (Å²) in [4.78, 5) is 24.5. The van der Waals surface area contributed by atoms with Crippen molar-refractivity contribution in [3.05, 3.63) is 29.8 Å². The highest BCUT2D eigenvalue weighted by atomic mass is 19.4. The highest BCUT2D eigenvalue weighted by molar-refractivity contribution is 6.64. The maximum absolute atomic E-state index is 12.5. The van der Waals surface area contributed by atoms with Gasteiger partial charge < -0.3 is 9.31 Å². The highest BCUT2D eigenvalue weighted by Gasteiger charge is 2.35. The molecule has 1 aliphatic heterocycles. The Morgan fingerprint density at radius 2 is 1.52 bits per heavy atom. The monoisotopic (exact) mass is 301 g/mol. The van der Waals surface area contributed by atoms with Gasteiger partial charge in [-0.05, 0) is 7.05 Å². The van der Waals surface area contributed by atoms with Crippen LogP contribution in [0.4, 0.5) is 13.2 Å². The van der Waals surface area contributed by atoms with Gasteiger partial charge >= 0.3 is 25.2 Å². The molecular formula is C12H11BF3NO4. The molecule has 0 aromatic heterocycles. The third kappa shape index (κ3) is 3.97. The van der Waals surface area contributed by atoms with E-state index in [1.165, 1.54) is 4.90 Å². The van der Waals surface area contributed by atoms with Crippen molar-refractivity contribution in [1.82, 2.24) is 4.90 Å². The van der Waals surface area contributed by atoms with Gasteiger partial charge in [0, 0.05) is 5.46 Å². The molecule has 0 saturated carbocycles. The van der Waals surface area contributed by atoms with E-state index in [1.54, 1.807) is 7.05 Å². The van der Waals surface area contributed by atoms with Crippen LogP contribution in [0.3, 0.4) is 0 Å². The van der Waals surface area contributed by atoms with Crippen LogP contribution in [-0.2, 0) is 25.1 Å². The summed E-state index contributed by atoms with van der Waals surface area (Å²) in [6.07, 6.45) is -4.46. The fourth-order valence-corrected chi connectivity index (χ4v) is 1.80. The zero-order valence-corrected chi connectivity index (χ0v) is 11.0. The molecular weight excluding hydrogens is 290 g/mol. The molecule has 1 fully saturated rings. The summed E-state index contributed by atoms with van der Waals surface area (Å²) in [6.45, 7) is -0.210. The molecule has 1 aliphatic rings. The fraction of sp³-hybridized carbons (Fsp3) is 0.333. The minimum absolute atomic E-state index is 0.105. The van der Waals surface area contributed by atoms with E-state index in [9.17, 15) is 22.8 Å². The van der Waals surface area contributed by atoms with Crippen LogP contribution in [0.1, 0.15) is 5.56 Å². The van der Waals surface area contributed by atoms with Crippen molar-refractivity contribution >= 4 is 24.5 Å². The van der Waals surface area contributed by atoms with Crippen LogP contribution in [0.2, 0.25) is 0 Å². The normalized spacial score (nSPS) is 17.8. The van der Waals surface area contributed by atoms with Crippen molar-refractivity contribution < 1.29 is 32.1 Å². The van der Waals surface area contributed by atoms with Crippen molar-refractivity contribution in [1.29, 1.82) is 0 Å². The summed E-state index contributed by atoms with van der Waals surface area (Å²) in [6, 6.07) is 3.89. The Labute approximate surface area is 118 Å². The van der Waals surface area contributed by atoms with Gasteiger partial charge in [-0.3, -0.25) is 14.5 Å². The minimum Gasteiger partial charge on any atom is -0.494 e. The van der Waals surface area contributed by atoms with Crippen LogP contribution in [0.25, 0.3) is 0 Å². The maximum atomic E-state index is 12.5. The maximum Gasteiger partial charge on any atom is 0.636 e. The Balaban J connectivity index is 2.19. The molecule has 0 unspecified atom stereocenters. The first kappa shape index (κ1) is 15.4. The SMILES string of the molecule is CN1CC(=O)OB(c2ccc(C(F)(F)F)cc2)OC(=O)C1. The van der Waals surface area contributed by atoms with Crippen molar-refractivity contribution in [3.63, 3.8) is 0 Å². The lowest BCUT2D eigenvalue weighted by Crippen LogP contribution is -2.47. The fourth-order valence-electron chi connectivity index (χ4n) is 1.80. The first-order valence-corrected chi connectivity index (χ1v) is 6.00. The predicted octanol–water partition coefficient (Wildman–Crippen LogP) is 0.432. The average molecular weight is 301 g/mol. The van der Waals surface area contributed by atoms with Crippen LogP contribution < -0.4 is 5.46 Å². The first-order valence-electron chi connectivity index (χ1n) is 6.00. The number of rotatable bonds is 1. The number of hydrogen-bond donors (Lipinski definition) is 0. The molecule has 9 heteroatoms. The summed E-state index contributed by atoms with van der Waals surface area (Å²) in [5, 5.41) is 0. The number of nitrogens with zero attached hydrogens (tertiary/aromatic N) is 1. The highest BCUT2D eigenvalue weighted by Crippen LogP contribution is 2.28. The van der Waals surface area contributed by atoms with E-state index in [0.717, 1.165) is 24.3 Å². The van der Waals surface area contributed by atoms with Crippen LogP contribution in [0.15, 0.2) is 24.3 Å². The zero-order valence-electron chi connectivity index (χ0n) is 11.0. The van der Waals surface area contributed by atoms with Gasteiger partial charge in [-0.25, -0.2) is 0 Å². The van der Waals surface area contributed by atoms with Gasteiger partial charge in [0.1, 0.15) is 0 Å². The number of halogens is 3. The summed E-state index contributed by atoms with van der Waals surface area (Å²) in [5.74, 6) is -1.26. The molecule has 5 nitrogen and oxygen atoms in total. The molecule has 0 N–H and O–H groups in total. The summed E-state index contributed by atoms with van der Waals surface area (Å²) in [5.41, 5.74) is -0.677. The molecule has 21 heavy (non-hydrogen) atoms. The molecule has 112 valence electrons. The van der Waals surface area contributed by atoms with Gasteiger partial charge in [-0.1, -0.05) is 24.3 Å². The molecule has 2 rings (SSSR count). The second-order valence-electron chi connectivity index (χ2n) is 4.60. The predicted molar refractivity (Wildman–Crippen MR) is 66.5 cm³/mol. The van der Waals surface area contributed by atoms with Crippen molar-refractivity contribution in [2.75, 3.05) is 20.1 Å². The average Bonchev–Trinajstić information content (AvgIpc) is 2.35. The van der Waals surface area contributed by atoms with Gasteiger partial charge in [0.2, 0.25) is 0 Å². The molecule has 0 radical (unpaired) electrons. The van der Waals surface area contributed by atoms with E-state index in [-0.39, 0.29) is 18.6 Å². The molecule has 1 saturated heterocycles. The lowest BCUT2D eigenvalue weighted by atomic mass is 9.78. The standard InChI is InChI=1S/C12H11BF3NO4/c1-17-6-10(18)20-13(21-11(19)7-17)9-4-2-8(3-5-9)12(14,15)16/h2-5H,6-7H2,1H3. The number of likely N-dealkylation sites (N-methyl/N-ethyl adjacent to an activating group) is 1. The van der Waals surface area contributed by atoms with E-state index in [0.29, 0.717) is 0 Å². The summed E-state index contributed by atoms with van der Waals surface area (Å²) < 4.78 is 47.3. The Morgan fingerprint density at radius 1 is 1.05 bits per heavy atom. The topological polar surface area (TPSA) is 55.8 Å². The van der Waals surface area contributed by atoms with Gasteiger partial charge in [-0.2, -0.15) is 13.2 Å². The molecule has 1 heterocycles. The second kappa shape index (κ2) is 5.76. The molecule has 0 amide bonds. The van der Waals surface area contributed by atoms with Gasteiger partial charge in [0.05, 0.1) is 18.7 Å². The van der Waals surface area contributed by atoms with Crippen LogP contribution in [0, 0.1) is 0 Å². The minimum atomic E-state index is -4.46.